The molecular weight excluding hydrogens is 152 g/mol. The maximum Gasteiger partial charge on any atom is 0.234 e. The number of carbonyl (C=O) groups is 1. The second-order valence-corrected chi connectivity index (χ2v) is 4.26. The van der Waals surface area contributed by atoms with Gasteiger partial charge in [-0.05, 0) is 39.5 Å². The maximum absolute atomic E-state index is 10.8. The van der Waals surface area contributed by atoms with Crippen molar-refractivity contribution in [2.45, 2.75) is 45.2 Å². The highest BCUT2D eigenvalue weighted by molar-refractivity contribution is 5.79. The normalized spacial score (nSPS) is 20.6. The fourth-order valence-corrected chi connectivity index (χ4v) is 1.55. The van der Waals surface area contributed by atoms with Crippen molar-refractivity contribution in [2.24, 2.45) is 11.7 Å². The van der Waals surface area contributed by atoms with Crippen molar-refractivity contribution in [1.82, 2.24) is 5.32 Å². The second-order valence-electron chi connectivity index (χ2n) is 4.26. The zero-order valence-corrected chi connectivity index (χ0v) is 8.05. The van der Waals surface area contributed by atoms with E-state index in [9.17, 15) is 4.79 Å². The largest absolute Gasteiger partial charge is 0.368 e. The predicted octanol–water partition coefficient (Wildman–Crippen LogP) is 0.638. The summed E-state index contributed by atoms with van der Waals surface area (Å²) in [6, 6.07) is -0.222. The molecule has 12 heavy (non-hydrogen) atoms. The van der Waals surface area contributed by atoms with Crippen LogP contribution in [0.5, 0.6) is 0 Å². The average molecular weight is 170 g/mol. The van der Waals surface area contributed by atoms with Crippen LogP contribution in [0.2, 0.25) is 0 Å². The van der Waals surface area contributed by atoms with Crippen molar-refractivity contribution in [1.29, 1.82) is 0 Å². The lowest BCUT2D eigenvalue weighted by Gasteiger charge is -2.29. The summed E-state index contributed by atoms with van der Waals surface area (Å²) in [6.45, 7) is 6.07. The monoisotopic (exact) mass is 170 g/mol. The lowest BCUT2D eigenvalue weighted by atomic mass is 9.97. The summed E-state index contributed by atoms with van der Waals surface area (Å²) in [5.74, 6) is 0.447. The number of nitrogens with two attached hydrogens (primary N) is 1. The first-order valence-electron chi connectivity index (χ1n) is 4.50. The highest BCUT2D eigenvalue weighted by Gasteiger charge is 2.38. The molecule has 1 saturated carbocycles. The number of nitrogens with one attached hydrogen (secondary N) is 1. The molecular formula is C9H18N2O. The van der Waals surface area contributed by atoms with Gasteiger partial charge in [0.15, 0.2) is 0 Å². The Hall–Kier alpha value is -0.570. The molecule has 0 bridgehead atoms. The van der Waals surface area contributed by atoms with Gasteiger partial charge in [0.2, 0.25) is 5.91 Å². The molecule has 70 valence electrons. The predicted molar refractivity (Wildman–Crippen MR) is 48.6 cm³/mol. The quantitative estimate of drug-likeness (QED) is 0.650. The third kappa shape index (κ3) is 2.21. The Bertz CT molecular complexity index is 185. The molecule has 0 aromatic rings. The van der Waals surface area contributed by atoms with Crippen molar-refractivity contribution < 1.29 is 4.79 Å². The zero-order chi connectivity index (χ0) is 9.35. The van der Waals surface area contributed by atoms with Gasteiger partial charge < -0.3 is 11.1 Å². The van der Waals surface area contributed by atoms with E-state index in [1.807, 2.05) is 6.92 Å². The summed E-state index contributed by atoms with van der Waals surface area (Å²) in [7, 11) is 0. The number of carbonyl (C=O) groups excluding carboxylic acids is 1. The van der Waals surface area contributed by atoms with Crippen LogP contribution in [0, 0.1) is 5.92 Å². The van der Waals surface area contributed by atoms with E-state index >= 15 is 0 Å². The molecule has 0 aromatic carbocycles. The molecule has 1 atom stereocenters. The van der Waals surface area contributed by atoms with Crippen molar-refractivity contribution in [2.75, 3.05) is 0 Å². The first-order chi connectivity index (χ1) is 5.43. The second kappa shape index (κ2) is 3.05. The van der Waals surface area contributed by atoms with Gasteiger partial charge in [-0.1, -0.05) is 0 Å². The Morgan fingerprint density at radius 3 is 2.42 bits per heavy atom. The Kier molecular flexibility index (Phi) is 2.42. The SMILES string of the molecule is CC(NC(C)(C)C1CC1)C(N)=O. The third-order valence-electron chi connectivity index (χ3n) is 2.61. The molecule has 1 unspecified atom stereocenters. The van der Waals surface area contributed by atoms with E-state index in [2.05, 4.69) is 19.2 Å². The molecule has 3 nitrogen and oxygen atoms in total. The number of hydrogen-bond donors (Lipinski definition) is 2. The van der Waals surface area contributed by atoms with Gasteiger partial charge in [-0.15, -0.1) is 0 Å². The molecule has 1 rings (SSSR count). The smallest absolute Gasteiger partial charge is 0.234 e. The fourth-order valence-electron chi connectivity index (χ4n) is 1.55. The minimum Gasteiger partial charge on any atom is -0.368 e. The van der Waals surface area contributed by atoms with E-state index in [1.54, 1.807) is 0 Å². The number of rotatable bonds is 4. The standard InChI is InChI=1S/C9H18N2O/c1-6(8(10)12)11-9(2,3)7-4-5-7/h6-7,11H,4-5H2,1-3H3,(H2,10,12). The van der Waals surface area contributed by atoms with Crippen LogP contribution in [0.1, 0.15) is 33.6 Å². The third-order valence-corrected chi connectivity index (χ3v) is 2.61. The fraction of sp³-hybridized carbons (Fsp3) is 0.889. The highest BCUT2D eigenvalue weighted by Crippen LogP contribution is 2.39. The molecule has 0 aliphatic heterocycles. The van der Waals surface area contributed by atoms with E-state index < -0.39 is 0 Å². The number of amides is 1. The number of primary amides is 1. The van der Waals surface area contributed by atoms with Crippen LogP contribution in [0.25, 0.3) is 0 Å². The lowest BCUT2D eigenvalue weighted by molar-refractivity contribution is -0.120. The zero-order valence-electron chi connectivity index (χ0n) is 8.05. The average Bonchev–Trinajstić information content (AvgIpc) is 2.65. The summed E-state index contributed by atoms with van der Waals surface area (Å²) in [5, 5.41) is 3.24. The van der Waals surface area contributed by atoms with Gasteiger partial charge in [0.25, 0.3) is 0 Å². The van der Waals surface area contributed by atoms with Crippen molar-refractivity contribution in [3.63, 3.8) is 0 Å². The highest BCUT2D eigenvalue weighted by atomic mass is 16.1. The maximum atomic E-state index is 10.8. The molecule has 1 amide bonds. The van der Waals surface area contributed by atoms with Gasteiger partial charge in [0.1, 0.15) is 0 Å². The van der Waals surface area contributed by atoms with Crippen LogP contribution >= 0.6 is 0 Å². The molecule has 0 radical (unpaired) electrons. The Balaban J connectivity index is 2.42. The van der Waals surface area contributed by atoms with E-state index in [1.165, 1.54) is 12.8 Å². The Morgan fingerprint density at radius 1 is 1.58 bits per heavy atom. The summed E-state index contributed by atoms with van der Waals surface area (Å²) >= 11 is 0. The van der Waals surface area contributed by atoms with Crippen LogP contribution in [0.4, 0.5) is 0 Å². The van der Waals surface area contributed by atoms with Crippen LogP contribution in [-0.4, -0.2) is 17.5 Å². The molecule has 0 aromatic heterocycles. The minimum absolute atomic E-state index is 0.0639. The van der Waals surface area contributed by atoms with E-state index in [-0.39, 0.29) is 17.5 Å². The lowest BCUT2D eigenvalue weighted by Crippen LogP contribution is -2.51. The molecule has 1 fully saturated rings. The van der Waals surface area contributed by atoms with Gasteiger partial charge in [-0.3, -0.25) is 4.79 Å². The molecule has 3 heteroatoms. The first-order valence-corrected chi connectivity index (χ1v) is 4.50. The van der Waals surface area contributed by atoms with Gasteiger partial charge in [-0.2, -0.15) is 0 Å². The minimum atomic E-state index is -0.274. The van der Waals surface area contributed by atoms with Gasteiger partial charge in [0, 0.05) is 5.54 Å². The first kappa shape index (κ1) is 9.52. The summed E-state index contributed by atoms with van der Waals surface area (Å²) in [5.41, 5.74) is 5.23. The van der Waals surface area contributed by atoms with Gasteiger partial charge in [0.05, 0.1) is 6.04 Å². The van der Waals surface area contributed by atoms with Crippen molar-refractivity contribution in [3.8, 4) is 0 Å². The summed E-state index contributed by atoms with van der Waals surface area (Å²) in [4.78, 5) is 10.8. The molecule has 3 N–H and O–H groups in total. The topological polar surface area (TPSA) is 55.1 Å². The van der Waals surface area contributed by atoms with Gasteiger partial charge in [-0.25, -0.2) is 0 Å². The van der Waals surface area contributed by atoms with Crippen LogP contribution in [-0.2, 0) is 4.79 Å². The molecule has 1 aliphatic rings. The summed E-state index contributed by atoms with van der Waals surface area (Å²) < 4.78 is 0. The molecule has 0 saturated heterocycles. The molecule has 0 heterocycles. The van der Waals surface area contributed by atoms with Crippen LogP contribution in [0.3, 0.4) is 0 Å². The van der Waals surface area contributed by atoms with E-state index in [0.717, 1.165) is 5.92 Å². The Morgan fingerprint density at radius 2 is 2.08 bits per heavy atom. The van der Waals surface area contributed by atoms with E-state index in [4.69, 9.17) is 5.73 Å². The molecule has 0 spiro atoms. The molecule has 1 aliphatic carbocycles. The van der Waals surface area contributed by atoms with Crippen molar-refractivity contribution >= 4 is 5.91 Å². The summed E-state index contributed by atoms with van der Waals surface area (Å²) in [6.07, 6.45) is 2.54. The number of hydrogen-bond acceptors (Lipinski definition) is 2. The van der Waals surface area contributed by atoms with Crippen molar-refractivity contribution in [3.05, 3.63) is 0 Å². The van der Waals surface area contributed by atoms with E-state index in [0.29, 0.717) is 0 Å². The van der Waals surface area contributed by atoms with Crippen LogP contribution < -0.4 is 11.1 Å². The van der Waals surface area contributed by atoms with Crippen LogP contribution in [0.15, 0.2) is 0 Å². The van der Waals surface area contributed by atoms with Gasteiger partial charge >= 0.3 is 0 Å². The Labute approximate surface area is 73.7 Å².